The highest BCUT2D eigenvalue weighted by atomic mass is 32.2. The Morgan fingerprint density at radius 1 is 0.946 bits per heavy atom. The van der Waals surface area contributed by atoms with Gasteiger partial charge in [0.25, 0.3) is 10.0 Å². The lowest BCUT2D eigenvalue weighted by atomic mass is 9.80. The van der Waals surface area contributed by atoms with Crippen LogP contribution in [0.5, 0.6) is 0 Å². The van der Waals surface area contributed by atoms with Crippen molar-refractivity contribution in [2.45, 2.75) is 47.5 Å². The van der Waals surface area contributed by atoms with Gasteiger partial charge in [-0.3, -0.25) is 0 Å². The minimum Gasteiger partial charge on any atom is -0.386 e. The minimum atomic E-state index is -4.18. The molecule has 10 heteroatoms. The number of rotatable bonds is 7. The molecule has 2 atom stereocenters. The van der Waals surface area contributed by atoms with Gasteiger partial charge in [0.2, 0.25) is 0 Å². The quantitative estimate of drug-likeness (QED) is 0.359. The number of hydrogen-bond acceptors (Lipinski definition) is 6. The lowest BCUT2D eigenvalue weighted by molar-refractivity contribution is 0.111. The Labute approximate surface area is 215 Å². The van der Waals surface area contributed by atoms with Crippen molar-refractivity contribution in [3.63, 3.8) is 0 Å². The van der Waals surface area contributed by atoms with Crippen LogP contribution in [0.25, 0.3) is 11.0 Å². The van der Waals surface area contributed by atoms with Crippen molar-refractivity contribution >= 4 is 30.9 Å². The van der Waals surface area contributed by atoms with Gasteiger partial charge in [0, 0.05) is 17.6 Å². The summed E-state index contributed by atoms with van der Waals surface area (Å²) in [5.41, 5.74) is 0.817. The first kappa shape index (κ1) is 25.6. The number of aromatic nitrogens is 2. The van der Waals surface area contributed by atoms with Gasteiger partial charge in [-0.25, -0.2) is 30.2 Å². The molecule has 1 fully saturated rings. The molecule has 1 saturated carbocycles. The molecule has 0 spiro atoms. The maximum absolute atomic E-state index is 14.1. The van der Waals surface area contributed by atoms with Gasteiger partial charge in [-0.1, -0.05) is 43.2 Å². The highest BCUT2D eigenvalue weighted by Gasteiger charge is 2.37. The second kappa shape index (κ2) is 9.66. The molecule has 37 heavy (non-hydrogen) atoms. The number of nitrogens with zero attached hydrogens (tertiary/aromatic N) is 2. The van der Waals surface area contributed by atoms with Crippen LogP contribution in [0.2, 0.25) is 0 Å². The van der Waals surface area contributed by atoms with Crippen LogP contribution in [0.15, 0.2) is 82.7 Å². The minimum absolute atomic E-state index is 0.0157. The van der Waals surface area contributed by atoms with Crippen LogP contribution in [0, 0.1) is 11.7 Å². The van der Waals surface area contributed by atoms with Crippen LogP contribution in [-0.4, -0.2) is 37.2 Å². The summed E-state index contributed by atoms with van der Waals surface area (Å²) in [4.78, 5) is 4.25. The average Bonchev–Trinajstić information content (AvgIpc) is 3.53. The third-order valence-electron chi connectivity index (χ3n) is 7.12. The molecule has 1 aliphatic rings. The molecule has 4 aromatic rings. The summed E-state index contributed by atoms with van der Waals surface area (Å²) in [7, 11) is -7.59. The number of sulfone groups is 1. The summed E-state index contributed by atoms with van der Waals surface area (Å²) in [5, 5.41) is 12.1. The van der Waals surface area contributed by atoms with Gasteiger partial charge in [-0.2, -0.15) is 0 Å². The first-order valence-electron chi connectivity index (χ1n) is 12.0. The normalized spacial score (nSPS) is 16.7. The third-order valence-corrected chi connectivity index (χ3v) is 9.98. The summed E-state index contributed by atoms with van der Waals surface area (Å²) < 4.78 is 66.7. The van der Waals surface area contributed by atoms with Crippen molar-refractivity contribution in [3.8, 4) is 0 Å². The largest absolute Gasteiger partial charge is 0.386 e. The van der Waals surface area contributed by atoms with Crippen LogP contribution in [0.1, 0.15) is 49.0 Å². The van der Waals surface area contributed by atoms with E-state index in [1.807, 2.05) is 0 Å². The summed E-state index contributed by atoms with van der Waals surface area (Å²) >= 11 is 0. The fraction of sp³-hybridized carbons (Fsp3) is 0.296. The molecule has 7 nitrogen and oxygen atoms in total. The summed E-state index contributed by atoms with van der Waals surface area (Å²) in [5.74, 6) is -1.07. The SMILES string of the molecule is CS(=O)(=O)c1ccc(C(C2CCCC2)C(O)c2cc3cc(F)cnc3n2S(=O)(=O)c2ccccc2)cc1. The van der Waals surface area contributed by atoms with Gasteiger partial charge >= 0.3 is 0 Å². The Kier molecular flexibility index (Phi) is 6.68. The van der Waals surface area contributed by atoms with E-state index in [2.05, 4.69) is 4.98 Å². The first-order valence-corrected chi connectivity index (χ1v) is 15.4. The number of fused-ring (bicyclic) bond motifs is 1. The van der Waals surface area contributed by atoms with Gasteiger partial charge < -0.3 is 5.11 Å². The Morgan fingerprint density at radius 2 is 1.59 bits per heavy atom. The lowest BCUT2D eigenvalue weighted by Crippen LogP contribution is -2.24. The first-order chi connectivity index (χ1) is 17.6. The molecule has 5 rings (SSSR count). The highest BCUT2D eigenvalue weighted by Crippen LogP contribution is 2.46. The number of halogens is 1. The van der Waals surface area contributed by atoms with Crippen molar-refractivity contribution in [1.29, 1.82) is 0 Å². The van der Waals surface area contributed by atoms with E-state index < -0.39 is 37.7 Å². The van der Waals surface area contributed by atoms with E-state index in [9.17, 15) is 26.3 Å². The molecule has 0 radical (unpaired) electrons. The van der Waals surface area contributed by atoms with E-state index in [1.165, 1.54) is 36.4 Å². The van der Waals surface area contributed by atoms with Crippen molar-refractivity contribution in [2.75, 3.05) is 6.26 Å². The average molecular weight is 543 g/mol. The summed E-state index contributed by atoms with van der Waals surface area (Å²) in [6.45, 7) is 0. The second-order valence-corrected chi connectivity index (χ2v) is 13.4. The number of pyridine rings is 1. The Hall–Kier alpha value is -3.08. The molecule has 2 heterocycles. The van der Waals surface area contributed by atoms with E-state index >= 15 is 0 Å². The monoisotopic (exact) mass is 542 g/mol. The molecule has 1 aliphatic carbocycles. The number of benzene rings is 2. The maximum atomic E-state index is 14.1. The molecule has 0 aliphatic heterocycles. The van der Waals surface area contributed by atoms with Crippen molar-refractivity contribution in [1.82, 2.24) is 8.96 Å². The zero-order valence-electron chi connectivity index (χ0n) is 20.2. The van der Waals surface area contributed by atoms with Gasteiger partial charge in [0.05, 0.1) is 21.7 Å². The predicted molar refractivity (Wildman–Crippen MR) is 138 cm³/mol. The molecule has 194 valence electrons. The molecule has 0 saturated heterocycles. The van der Waals surface area contributed by atoms with Gasteiger partial charge in [-0.15, -0.1) is 0 Å². The van der Waals surface area contributed by atoms with E-state index in [0.29, 0.717) is 5.56 Å². The lowest BCUT2D eigenvalue weighted by Gasteiger charge is -2.30. The second-order valence-electron chi connectivity index (χ2n) is 9.57. The van der Waals surface area contributed by atoms with Gasteiger partial charge in [-0.05, 0) is 60.7 Å². The van der Waals surface area contributed by atoms with Crippen molar-refractivity contribution in [3.05, 3.63) is 90.0 Å². The summed E-state index contributed by atoms with van der Waals surface area (Å²) in [6.07, 6.45) is 4.45. The third kappa shape index (κ3) is 4.81. The van der Waals surface area contributed by atoms with Crippen molar-refractivity contribution < 1.29 is 26.3 Å². The van der Waals surface area contributed by atoms with Crippen LogP contribution >= 0.6 is 0 Å². The Bertz CT molecular complexity index is 1640. The number of aliphatic hydroxyl groups is 1. The number of aliphatic hydroxyl groups excluding tert-OH is 1. The fourth-order valence-electron chi connectivity index (χ4n) is 5.37. The molecule has 2 aromatic heterocycles. The highest BCUT2D eigenvalue weighted by molar-refractivity contribution is 7.90. The van der Waals surface area contributed by atoms with Gasteiger partial charge in [0.1, 0.15) is 11.9 Å². The predicted octanol–water partition coefficient (Wildman–Crippen LogP) is 4.82. The molecular formula is C27H27FN2O5S2. The van der Waals surface area contributed by atoms with E-state index in [4.69, 9.17) is 0 Å². The van der Waals surface area contributed by atoms with Gasteiger partial charge in [0.15, 0.2) is 15.5 Å². The summed E-state index contributed by atoms with van der Waals surface area (Å²) in [6, 6.07) is 16.9. The molecule has 1 N–H and O–H groups in total. The van der Waals surface area contributed by atoms with Crippen LogP contribution < -0.4 is 0 Å². The molecule has 2 unspecified atom stereocenters. The van der Waals surface area contributed by atoms with E-state index in [-0.39, 0.29) is 32.4 Å². The smallest absolute Gasteiger partial charge is 0.269 e. The van der Waals surface area contributed by atoms with E-state index in [1.54, 1.807) is 30.3 Å². The van der Waals surface area contributed by atoms with Crippen LogP contribution in [0.4, 0.5) is 4.39 Å². The Morgan fingerprint density at radius 3 is 2.22 bits per heavy atom. The molecular weight excluding hydrogens is 515 g/mol. The zero-order chi connectivity index (χ0) is 26.4. The van der Waals surface area contributed by atoms with Crippen LogP contribution in [-0.2, 0) is 19.9 Å². The van der Waals surface area contributed by atoms with E-state index in [0.717, 1.165) is 42.1 Å². The topological polar surface area (TPSA) is 106 Å². The van der Waals surface area contributed by atoms with Crippen LogP contribution in [0.3, 0.4) is 0 Å². The molecule has 2 aromatic carbocycles. The zero-order valence-corrected chi connectivity index (χ0v) is 21.8. The Balaban J connectivity index is 1.70. The molecule has 0 amide bonds. The fourth-order valence-corrected chi connectivity index (χ4v) is 7.53. The molecule has 0 bridgehead atoms. The van der Waals surface area contributed by atoms with Crippen molar-refractivity contribution in [2.24, 2.45) is 5.92 Å². The maximum Gasteiger partial charge on any atom is 0.269 e. The standard InChI is InChI=1S/C27H27FN2O5S2/c1-36(32,33)22-13-11-19(12-14-22)25(18-7-5-6-8-18)26(31)24-16-20-15-21(28)17-29-27(20)30(24)37(34,35)23-9-3-2-4-10-23/h2-4,9-18,25-26,31H,5-8H2,1H3. The number of hydrogen-bond donors (Lipinski definition) is 1.